The van der Waals surface area contributed by atoms with Crippen molar-refractivity contribution in [3.63, 3.8) is 0 Å². The molecule has 184 valence electrons. The molecule has 12 nitrogen and oxygen atoms in total. The van der Waals surface area contributed by atoms with E-state index in [2.05, 4.69) is 19.2 Å². The third-order valence-corrected chi connectivity index (χ3v) is 3.13. The Morgan fingerprint density at radius 3 is 1.70 bits per heavy atom. The van der Waals surface area contributed by atoms with E-state index in [1.54, 1.807) is 46.0 Å². The SMILES string of the molecule is CCOC(=O)C(C/C=C/C#N)C(=O)OCC.CCOC(=O)C(N)C(=O)OCC.c1cnoc1. The second-order valence-corrected chi connectivity index (χ2v) is 5.49. The van der Waals surface area contributed by atoms with Gasteiger partial charge in [-0.05, 0) is 40.2 Å². The maximum absolute atomic E-state index is 11.4. The Bertz CT molecular complexity index is 689. The quantitative estimate of drug-likeness (QED) is 0.225. The molecule has 1 rings (SSSR count). The van der Waals surface area contributed by atoms with Gasteiger partial charge >= 0.3 is 23.9 Å². The van der Waals surface area contributed by atoms with Gasteiger partial charge in [-0.2, -0.15) is 5.26 Å². The van der Waals surface area contributed by atoms with E-state index < -0.39 is 35.8 Å². The van der Waals surface area contributed by atoms with Gasteiger partial charge in [0.2, 0.25) is 6.04 Å². The van der Waals surface area contributed by atoms with Gasteiger partial charge in [-0.1, -0.05) is 11.2 Å². The third-order valence-electron chi connectivity index (χ3n) is 3.13. The van der Waals surface area contributed by atoms with Gasteiger partial charge in [-0.3, -0.25) is 9.59 Å². The first-order valence-corrected chi connectivity index (χ1v) is 10.1. The van der Waals surface area contributed by atoms with E-state index in [1.165, 1.54) is 18.4 Å². The lowest BCUT2D eigenvalue weighted by Crippen LogP contribution is -2.41. The minimum absolute atomic E-state index is 0.116. The van der Waals surface area contributed by atoms with Crippen LogP contribution in [0.1, 0.15) is 34.1 Å². The summed E-state index contributed by atoms with van der Waals surface area (Å²) in [6.45, 7) is 7.40. The highest BCUT2D eigenvalue weighted by atomic mass is 16.6. The smallest absolute Gasteiger partial charge is 0.334 e. The van der Waals surface area contributed by atoms with E-state index in [-0.39, 0.29) is 32.8 Å². The summed E-state index contributed by atoms with van der Waals surface area (Å²) < 4.78 is 22.8. The van der Waals surface area contributed by atoms with Gasteiger partial charge in [0.05, 0.1) is 38.7 Å². The Morgan fingerprint density at radius 1 is 0.939 bits per heavy atom. The minimum Gasteiger partial charge on any atom is -0.465 e. The Labute approximate surface area is 192 Å². The normalized spacial score (nSPS) is 9.64. The van der Waals surface area contributed by atoms with Crippen molar-refractivity contribution >= 4 is 23.9 Å². The van der Waals surface area contributed by atoms with Crippen LogP contribution in [-0.2, 0) is 38.1 Å². The van der Waals surface area contributed by atoms with Crippen LogP contribution in [-0.4, -0.2) is 61.5 Å². The molecule has 0 aliphatic rings. The number of nitrogens with two attached hydrogens (primary N) is 1. The highest BCUT2D eigenvalue weighted by Crippen LogP contribution is 2.09. The molecule has 33 heavy (non-hydrogen) atoms. The van der Waals surface area contributed by atoms with Crippen LogP contribution in [0.15, 0.2) is 35.2 Å². The van der Waals surface area contributed by atoms with Crippen molar-refractivity contribution in [1.29, 1.82) is 5.26 Å². The van der Waals surface area contributed by atoms with Gasteiger partial charge in [0.1, 0.15) is 6.26 Å². The van der Waals surface area contributed by atoms with Gasteiger partial charge in [0.15, 0.2) is 5.92 Å². The largest absolute Gasteiger partial charge is 0.465 e. The monoisotopic (exact) mass is 469 g/mol. The molecule has 0 amide bonds. The number of allylic oxidation sites excluding steroid dienone is 2. The van der Waals surface area contributed by atoms with E-state index in [4.69, 9.17) is 20.5 Å². The molecule has 1 aromatic heterocycles. The molecule has 0 radical (unpaired) electrons. The fourth-order valence-electron chi connectivity index (χ4n) is 1.77. The maximum atomic E-state index is 11.4. The van der Waals surface area contributed by atoms with Crippen molar-refractivity contribution in [2.45, 2.75) is 40.2 Å². The predicted octanol–water partition coefficient (Wildman–Crippen LogP) is 1.31. The summed E-state index contributed by atoms with van der Waals surface area (Å²) in [4.78, 5) is 44.5. The summed E-state index contributed by atoms with van der Waals surface area (Å²) in [5.74, 6) is -3.73. The van der Waals surface area contributed by atoms with E-state index in [9.17, 15) is 19.2 Å². The average molecular weight is 469 g/mol. The summed E-state index contributed by atoms with van der Waals surface area (Å²) in [5, 5.41) is 11.6. The van der Waals surface area contributed by atoms with Crippen LogP contribution < -0.4 is 5.73 Å². The first-order valence-electron chi connectivity index (χ1n) is 10.1. The predicted molar refractivity (Wildman–Crippen MR) is 114 cm³/mol. The number of rotatable bonds is 10. The summed E-state index contributed by atoms with van der Waals surface area (Å²) in [6.07, 6.45) is 5.87. The zero-order chi connectivity index (χ0) is 25.5. The summed E-state index contributed by atoms with van der Waals surface area (Å²) >= 11 is 0. The molecule has 0 bridgehead atoms. The molecular formula is C21H31N3O9. The molecule has 0 unspecified atom stereocenters. The first kappa shape index (κ1) is 31.5. The molecule has 0 saturated carbocycles. The lowest BCUT2D eigenvalue weighted by Gasteiger charge is -2.11. The third kappa shape index (κ3) is 16.6. The molecule has 2 N–H and O–H groups in total. The van der Waals surface area contributed by atoms with Crippen LogP contribution in [0.4, 0.5) is 0 Å². The Morgan fingerprint density at radius 2 is 1.39 bits per heavy atom. The molecule has 0 atom stereocenters. The number of nitriles is 1. The topological polar surface area (TPSA) is 181 Å². The van der Waals surface area contributed by atoms with Crippen molar-refractivity contribution in [2.24, 2.45) is 11.7 Å². The number of hydrogen-bond acceptors (Lipinski definition) is 12. The highest BCUT2D eigenvalue weighted by Gasteiger charge is 2.28. The number of esters is 4. The van der Waals surface area contributed by atoms with Crippen LogP contribution in [0.2, 0.25) is 0 Å². The molecule has 12 heteroatoms. The molecule has 0 saturated heterocycles. The van der Waals surface area contributed by atoms with Gasteiger partial charge < -0.3 is 29.2 Å². The molecule has 0 aliphatic heterocycles. The standard InChI is InChI=1S/C11H15NO4.C7H13NO4.C3H3NO/c1-3-15-10(13)9(7-5-6-8-12)11(14)16-4-2;1-3-11-6(9)5(8)7(10)12-4-2;1-2-4-5-3-1/h5-6,9H,3-4,7H2,1-2H3;5H,3-4,8H2,1-2H3;1-3H/b6-5+;;. The molecule has 0 aliphatic carbocycles. The summed E-state index contributed by atoms with van der Waals surface area (Å²) in [7, 11) is 0. The van der Waals surface area contributed by atoms with Crippen LogP contribution >= 0.6 is 0 Å². The number of hydrogen-bond donors (Lipinski definition) is 1. The van der Waals surface area contributed by atoms with Gasteiger partial charge in [0.25, 0.3) is 0 Å². The zero-order valence-corrected chi connectivity index (χ0v) is 19.2. The lowest BCUT2D eigenvalue weighted by molar-refractivity contribution is -0.161. The molecule has 1 aromatic rings. The van der Waals surface area contributed by atoms with Crippen molar-refractivity contribution in [3.8, 4) is 6.07 Å². The first-order chi connectivity index (χ1) is 15.8. The van der Waals surface area contributed by atoms with E-state index in [1.807, 2.05) is 0 Å². The van der Waals surface area contributed by atoms with Gasteiger partial charge in [-0.15, -0.1) is 0 Å². The summed E-state index contributed by atoms with van der Waals surface area (Å²) in [5.41, 5.74) is 5.18. The number of ether oxygens (including phenoxy) is 4. The van der Waals surface area contributed by atoms with E-state index in [0.717, 1.165) is 0 Å². The number of carbonyl (C=O) groups excluding carboxylic acids is 4. The summed E-state index contributed by atoms with van der Waals surface area (Å²) in [6, 6.07) is 2.19. The van der Waals surface area contributed by atoms with Gasteiger partial charge in [-0.25, -0.2) is 9.59 Å². The van der Waals surface area contributed by atoms with Crippen LogP contribution in [0.25, 0.3) is 0 Å². The minimum atomic E-state index is -1.31. The molecule has 1 heterocycles. The number of nitrogens with zero attached hydrogens (tertiary/aromatic N) is 2. The highest BCUT2D eigenvalue weighted by molar-refractivity contribution is 5.98. The Kier molecular flexibility index (Phi) is 20.5. The lowest BCUT2D eigenvalue weighted by atomic mass is 10.1. The Hall–Kier alpha value is -3.72. The van der Waals surface area contributed by atoms with Crippen LogP contribution in [0.5, 0.6) is 0 Å². The molecular weight excluding hydrogens is 438 g/mol. The van der Waals surface area contributed by atoms with E-state index in [0.29, 0.717) is 0 Å². The number of aromatic nitrogens is 1. The Balaban J connectivity index is 0. The van der Waals surface area contributed by atoms with Crippen molar-refractivity contribution in [2.75, 3.05) is 26.4 Å². The van der Waals surface area contributed by atoms with Gasteiger partial charge in [0, 0.05) is 6.08 Å². The molecule has 0 spiro atoms. The van der Waals surface area contributed by atoms with Crippen LogP contribution in [0.3, 0.4) is 0 Å². The second-order valence-electron chi connectivity index (χ2n) is 5.49. The van der Waals surface area contributed by atoms with Crippen LogP contribution in [0, 0.1) is 17.2 Å². The van der Waals surface area contributed by atoms with E-state index >= 15 is 0 Å². The second kappa shape index (κ2) is 21.5. The average Bonchev–Trinajstić information content (AvgIpc) is 3.37. The van der Waals surface area contributed by atoms with Crippen molar-refractivity contribution in [3.05, 3.63) is 30.7 Å². The van der Waals surface area contributed by atoms with Crippen molar-refractivity contribution in [1.82, 2.24) is 5.16 Å². The zero-order valence-electron chi connectivity index (χ0n) is 19.2. The fraction of sp³-hybridized carbons (Fsp3) is 0.524. The molecule has 0 aromatic carbocycles. The number of carbonyl (C=O) groups is 4. The molecule has 0 fully saturated rings. The maximum Gasteiger partial charge on any atom is 0.334 e. The fourth-order valence-corrected chi connectivity index (χ4v) is 1.77. The van der Waals surface area contributed by atoms with Crippen molar-refractivity contribution < 1.29 is 42.6 Å².